The van der Waals surface area contributed by atoms with Gasteiger partial charge in [0.2, 0.25) is 5.91 Å². The Morgan fingerprint density at radius 2 is 2.12 bits per heavy atom. The number of rotatable bonds is 5. The van der Waals surface area contributed by atoms with Crippen LogP contribution in [0.2, 0.25) is 0 Å². The number of amides is 1. The number of benzene rings is 1. The Kier molecular flexibility index (Phi) is 3.47. The summed E-state index contributed by atoms with van der Waals surface area (Å²) in [6, 6.07) is 10.2. The summed E-state index contributed by atoms with van der Waals surface area (Å²) in [6.07, 6.45) is 3.85. The second kappa shape index (κ2) is 5.04. The van der Waals surface area contributed by atoms with Crippen molar-refractivity contribution >= 4 is 16.8 Å². The summed E-state index contributed by atoms with van der Waals surface area (Å²) in [5.41, 5.74) is 6.59. The third kappa shape index (κ3) is 2.49. The van der Waals surface area contributed by atoms with Crippen LogP contribution in [0.5, 0.6) is 0 Å². The number of para-hydroxylation sites is 1. The summed E-state index contributed by atoms with van der Waals surface area (Å²) < 4.78 is 2.11. The van der Waals surface area contributed by atoms with Crippen LogP contribution in [0.15, 0.2) is 36.5 Å². The number of hydrogen-bond acceptors (Lipinski definition) is 1. The monoisotopic (exact) mass is 230 g/mol. The number of carbonyl (C=O) groups is 1. The minimum atomic E-state index is -0.204. The minimum absolute atomic E-state index is 0.0733. The lowest BCUT2D eigenvalue weighted by molar-refractivity contribution is -0.122. The van der Waals surface area contributed by atoms with Crippen LogP contribution in [0.4, 0.5) is 0 Å². The first kappa shape index (κ1) is 11.7. The summed E-state index contributed by atoms with van der Waals surface area (Å²) in [5, 5.41) is 1.20. The molecule has 1 amide bonds. The van der Waals surface area contributed by atoms with Crippen LogP contribution < -0.4 is 5.73 Å². The van der Waals surface area contributed by atoms with Crippen molar-refractivity contribution in [1.82, 2.24) is 4.57 Å². The second-order valence-corrected chi connectivity index (χ2v) is 4.41. The molecule has 2 N–H and O–H groups in total. The number of hydrogen-bond donors (Lipinski definition) is 1. The Morgan fingerprint density at radius 1 is 1.35 bits per heavy atom. The number of carbonyl (C=O) groups excluding carboxylic acids is 1. The van der Waals surface area contributed by atoms with Gasteiger partial charge in [0.15, 0.2) is 0 Å². The van der Waals surface area contributed by atoms with Gasteiger partial charge in [0.25, 0.3) is 0 Å². The van der Waals surface area contributed by atoms with Gasteiger partial charge in [0.05, 0.1) is 5.92 Å². The van der Waals surface area contributed by atoms with E-state index in [4.69, 9.17) is 5.73 Å². The molecule has 1 aromatic heterocycles. The number of fused-ring (bicyclic) bond motifs is 1. The zero-order valence-electron chi connectivity index (χ0n) is 10.1. The first-order valence-electron chi connectivity index (χ1n) is 6.05. The molecule has 0 aliphatic carbocycles. The van der Waals surface area contributed by atoms with E-state index in [1.807, 2.05) is 18.3 Å². The van der Waals surface area contributed by atoms with Gasteiger partial charge >= 0.3 is 0 Å². The van der Waals surface area contributed by atoms with Crippen LogP contribution in [0.25, 0.3) is 10.9 Å². The number of nitrogens with zero attached hydrogens (tertiary/aromatic N) is 1. The van der Waals surface area contributed by atoms with Crippen LogP contribution >= 0.6 is 0 Å². The summed E-state index contributed by atoms with van der Waals surface area (Å²) in [6.45, 7) is 2.75. The van der Waals surface area contributed by atoms with E-state index in [9.17, 15) is 4.79 Å². The van der Waals surface area contributed by atoms with Gasteiger partial charge in [0.1, 0.15) is 0 Å². The molecule has 0 fully saturated rings. The Labute approximate surface area is 101 Å². The molecule has 0 saturated carbocycles. The highest BCUT2D eigenvalue weighted by atomic mass is 16.1. The molecule has 2 rings (SSSR count). The van der Waals surface area contributed by atoms with Crippen LogP contribution in [0.1, 0.15) is 19.8 Å². The molecule has 2 aromatic rings. The maximum Gasteiger partial charge on any atom is 0.222 e. The fraction of sp³-hybridized carbons (Fsp3) is 0.357. The van der Waals surface area contributed by atoms with E-state index in [0.717, 1.165) is 18.4 Å². The third-order valence-corrected chi connectivity index (χ3v) is 3.14. The van der Waals surface area contributed by atoms with E-state index in [-0.39, 0.29) is 11.8 Å². The lowest BCUT2D eigenvalue weighted by atomic mass is 10.0. The molecule has 1 aromatic carbocycles. The smallest absolute Gasteiger partial charge is 0.222 e. The fourth-order valence-corrected chi connectivity index (χ4v) is 2.21. The zero-order valence-corrected chi connectivity index (χ0v) is 10.1. The van der Waals surface area contributed by atoms with Crippen molar-refractivity contribution in [2.75, 3.05) is 0 Å². The van der Waals surface area contributed by atoms with Crippen molar-refractivity contribution in [2.45, 2.75) is 26.3 Å². The molecule has 0 aliphatic heterocycles. The number of nitrogens with two attached hydrogens (primary N) is 1. The van der Waals surface area contributed by atoms with Gasteiger partial charge in [-0.25, -0.2) is 0 Å². The van der Waals surface area contributed by atoms with Crippen molar-refractivity contribution in [3.05, 3.63) is 36.5 Å². The maximum absolute atomic E-state index is 11.4. The molecule has 0 bridgehead atoms. The summed E-state index contributed by atoms with van der Waals surface area (Å²) in [7, 11) is 0. The first-order valence-corrected chi connectivity index (χ1v) is 6.05. The average Bonchev–Trinajstić information content (AvgIpc) is 2.72. The molecular formula is C14H18N2O. The second-order valence-electron chi connectivity index (χ2n) is 4.41. The molecule has 17 heavy (non-hydrogen) atoms. The fourth-order valence-electron chi connectivity index (χ4n) is 2.21. The summed E-state index contributed by atoms with van der Waals surface area (Å²) in [4.78, 5) is 11.4. The summed E-state index contributed by atoms with van der Waals surface area (Å²) in [5.74, 6) is -0.277. The lowest BCUT2D eigenvalue weighted by Gasteiger charge is -2.14. The molecule has 0 radical (unpaired) electrons. The quantitative estimate of drug-likeness (QED) is 0.843. The summed E-state index contributed by atoms with van der Waals surface area (Å²) >= 11 is 0. The molecule has 0 aliphatic rings. The van der Waals surface area contributed by atoms with Gasteiger partial charge in [-0.2, -0.15) is 0 Å². The van der Waals surface area contributed by atoms with Crippen molar-refractivity contribution in [2.24, 2.45) is 11.7 Å². The number of aromatic nitrogens is 1. The topological polar surface area (TPSA) is 48.0 Å². The molecule has 3 heteroatoms. The Morgan fingerprint density at radius 3 is 2.82 bits per heavy atom. The predicted molar refractivity (Wildman–Crippen MR) is 69.5 cm³/mol. The SMILES string of the molecule is CCCC(Cn1ccc2ccccc21)C(N)=O. The highest BCUT2D eigenvalue weighted by Crippen LogP contribution is 2.18. The Balaban J connectivity index is 2.25. The van der Waals surface area contributed by atoms with Crippen molar-refractivity contribution in [3.8, 4) is 0 Å². The Bertz CT molecular complexity index is 516. The van der Waals surface area contributed by atoms with E-state index >= 15 is 0 Å². The largest absolute Gasteiger partial charge is 0.369 e. The molecule has 0 spiro atoms. The highest BCUT2D eigenvalue weighted by molar-refractivity contribution is 5.80. The van der Waals surface area contributed by atoms with E-state index in [2.05, 4.69) is 29.7 Å². The molecule has 1 atom stereocenters. The Hall–Kier alpha value is -1.77. The van der Waals surface area contributed by atoms with E-state index in [1.54, 1.807) is 0 Å². The van der Waals surface area contributed by atoms with Gasteiger partial charge < -0.3 is 10.3 Å². The van der Waals surface area contributed by atoms with E-state index < -0.39 is 0 Å². The predicted octanol–water partition coefficient (Wildman–Crippen LogP) is 2.54. The molecule has 1 heterocycles. The lowest BCUT2D eigenvalue weighted by Crippen LogP contribution is -2.26. The molecule has 1 unspecified atom stereocenters. The molecule has 90 valence electrons. The zero-order chi connectivity index (χ0) is 12.3. The van der Waals surface area contributed by atoms with Crippen molar-refractivity contribution in [1.29, 1.82) is 0 Å². The van der Waals surface area contributed by atoms with Gasteiger partial charge in [-0.1, -0.05) is 31.5 Å². The van der Waals surface area contributed by atoms with Crippen molar-refractivity contribution in [3.63, 3.8) is 0 Å². The molecule has 3 nitrogen and oxygen atoms in total. The molecule has 0 saturated heterocycles. The van der Waals surface area contributed by atoms with Crippen LogP contribution in [-0.4, -0.2) is 10.5 Å². The van der Waals surface area contributed by atoms with Gasteiger partial charge in [-0.15, -0.1) is 0 Å². The maximum atomic E-state index is 11.4. The van der Waals surface area contributed by atoms with Crippen LogP contribution in [0, 0.1) is 5.92 Å². The van der Waals surface area contributed by atoms with Crippen LogP contribution in [0.3, 0.4) is 0 Å². The van der Waals surface area contributed by atoms with Crippen molar-refractivity contribution < 1.29 is 4.79 Å². The van der Waals surface area contributed by atoms with E-state index in [0.29, 0.717) is 6.54 Å². The first-order chi connectivity index (χ1) is 8.22. The van der Waals surface area contributed by atoms with Gasteiger partial charge in [-0.05, 0) is 23.9 Å². The number of primary amides is 1. The van der Waals surface area contributed by atoms with Crippen LogP contribution in [-0.2, 0) is 11.3 Å². The third-order valence-electron chi connectivity index (χ3n) is 3.14. The van der Waals surface area contributed by atoms with Gasteiger partial charge in [-0.3, -0.25) is 4.79 Å². The standard InChI is InChI=1S/C14H18N2O/c1-2-5-12(14(15)17)10-16-9-8-11-6-3-4-7-13(11)16/h3-4,6-9,12H,2,5,10H2,1H3,(H2,15,17). The molecular weight excluding hydrogens is 212 g/mol. The average molecular weight is 230 g/mol. The highest BCUT2D eigenvalue weighted by Gasteiger charge is 2.15. The minimum Gasteiger partial charge on any atom is -0.369 e. The van der Waals surface area contributed by atoms with E-state index in [1.165, 1.54) is 5.39 Å². The normalized spacial score (nSPS) is 12.8. The van der Waals surface area contributed by atoms with Gasteiger partial charge in [0, 0.05) is 18.3 Å².